The summed E-state index contributed by atoms with van der Waals surface area (Å²) >= 11 is 0. The van der Waals surface area contributed by atoms with Crippen molar-refractivity contribution in [1.29, 1.82) is 0 Å². The number of imidazole rings is 1. The number of fused-ring (bicyclic) bond motifs is 5. The van der Waals surface area contributed by atoms with Crippen molar-refractivity contribution in [2.24, 2.45) is 0 Å². The highest BCUT2D eigenvalue weighted by atomic mass is 16.5. The maximum atomic E-state index is 12.1. The Morgan fingerprint density at radius 3 is 2.82 bits per heavy atom. The zero-order valence-corrected chi connectivity index (χ0v) is 12.5. The van der Waals surface area contributed by atoms with E-state index >= 15 is 0 Å². The van der Waals surface area contributed by atoms with E-state index in [1.54, 1.807) is 13.3 Å². The van der Waals surface area contributed by atoms with Crippen LogP contribution in [0.2, 0.25) is 0 Å². The number of benzene rings is 1. The van der Waals surface area contributed by atoms with Gasteiger partial charge in [0.1, 0.15) is 6.33 Å². The quantitative estimate of drug-likeness (QED) is 0.578. The lowest BCUT2D eigenvalue weighted by Crippen LogP contribution is -2.18. The Kier molecular flexibility index (Phi) is 2.72. The Hall–Kier alpha value is -2.76. The highest BCUT2D eigenvalue weighted by Crippen LogP contribution is 2.31. The molecule has 0 unspecified atom stereocenters. The number of nitrogens with one attached hydrogen (secondary N) is 1. The third-order valence-electron chi connectivity index (χ3n) is 4.03. The number of H-pyrrole nitrogens is 1. The van der Waals surface area contributed by atoms with Crippen LogP contribution in [0.25, 0.3) is 11.4 Å². The smallest absolute Gasteiger partial charge is 0.358 e. The molecular formula is C16H16N4O2. The summed E-state index contributed by atoms with van der Waals surface area (Å²) in [5.41, 5.74) is 5.57. The maximum absolute atomic E-state index is 12.1. The SMILES string of the molecule is CCOC(=O)c1ncn2c1Cc1c(C)[nH]n1-c1ccccc1-2. The van der Waals surface area contributed by atoms with Gasteiger partial charge in [0, 0.05) is 6.42 Å². The number of aromatic amines is 1. The van der Waals surface area contributed by atoms with Crippen molar-refractivity contribution in [3.8, 4) is 11.4 Å². The van der Waals surface area contributed by atoms with E-state index in [0.29, 0.717) is 18.7 Å². The molecule has 0 amide bonds. The van der Waals surface area contributed by atoms with E-state index < -0.39 is 0 Å². The van der Waals surface area contributed by atoms with Crippen LogP contribution in [0.3, 0.4) is 0 Å². The minimum Gasteiger partial charge on any atom is -0.461 e. The van der Waals surface area contributed by atoms with Gasteiger partial charge in [-0.1, -0.05) is 12.1 Å². The largest absolute Gasteiger partial charge is 0.461 e. The molecule has 1 aliphatic heterocycles. The number of nitrogens with zero attached hydrogens (tertiary/aromatic N) is 3. The molecule has 1 aromatic carbocycles. The molecule has 1 aliphatic rings. The summed E-state index contributed by atoms with van der Waals surface area (Å²) in [5, 5.41) is 3.30. The van der Waals surface area contributed by atoms with Crippen molar-refractivity contribution in [1.82, 2.24) is 19.3 Å². The molecule has 22 heavy (non-hydrogen) atoms. The summed E-state index contributed by atoms with van der Waals surface area (Å²) in [4.78, 5) is 16.4. The van der Waals surface area contributed by atoms with Crippen LogP contribution in [0.4, 0.5) is 0 Å². The van der Waals surface area contributed by atoms with Crippen LogP contribution in [0.15, 0.2) is 30.6 Å². The monoisotopic (exact) mass is 296 g/mol. The summed E-state index contributed by atoms with van der Waals surface area (Å²) in [6, 6.07) is 8.05. The standard InChI is InChI=1S/C16H16N4O2/c1-3-22-16(21)15-14-8-13-10(2)18-20(13)12-7-5-4-6-11(12)19(14)9-17-15/h4-7,9,18H,3,8H2,1-2H3. The van der Waals surface area contributed by atoms with Gasteiger partial charge in [0.05, 0.1) is 35.1 Å². The first-order valence-electron chi connectivity index (χ1n) is 7.30. The van der Waals surface area contributed by atoms with Gasteiger partial charge >= 0.3 is 5.97 Å². The number of rotatable bonds is 2. The van der Waals surface area contributed by atoms with Gasteiger partial charge in [-0.3, -0.25) is 14.3 Å². The molecule has 3 aromatic rings. The van der Waals surface area contributed by atoms with Gasteiger partial charge in [-0.05, 0) is 26.0 Å². The van der Waals surface area contributed by atoms with E-state index in [9.17, 15) is 4.79 Å². The van der Waals surface area contributed by atoms with E-state index in [1.165, 1.54) is 0 Å². The number of hydrogen-bond acceptors (Lipinski definition) is 3. The Bertz CT molecular complexity index is 869. The first kappa shape index (κ1) is 12.9. The van der Waals surface area contributed by atoms with Crippen molar-refractivity contribution >= 4 is 5.97 Å². The van der Waals surface area contributed by atoms with Crippen molar-refractivity contribution in [2.75, 3.05) is 6.61 Å². The Balaban J connectivity index is 1.95. The molecule has 6 nitrogen and oxygen atoms in total. The summed E-state index contributed by atoms with van der Waals surface area (Å²) in [6.07, 6.45) is 2.34. The van der Waals surface area contributed by atoms with E-state index in [2.05, 4.69) is 14.8 Å². The van der Waals surface area contributed by atoms with Gasteiger partial charge in [-0.2, -0.15) is 0 Å². The summed E-state index contributed by atoms with van der Waals surface area (Å²) in [7, 11) is 0. The van der Waals surface area contributed by atoms with Crippen LogP contribution in [-0.2, 0) is 11.2 Å². The van der Waals surface area contributed by atoms with Crippen LogP contribution in [-0.4, -0.2) is 31.9 Å². The first-order valence-corrected chi connectivity index (χ1v) is 7.30. The molecule has 0 fully saturated rings. The van der Waals surface area contributed by atoms with E-state index in [-0.39, 0.29) is 5.97 Å². The predicted molar refractivity (Wildman–Crippen MR) is 80.7 cm³/mol. The lowest BCUT2D eigenvalue weighted by atomic mass is 10.1. The fourth-order valence-corrected chi connectivity index (χ4v) is 2.97. The van der Waals surface area contributed by atoms with Crippen LogP contribution < -0.4 is 0 Å². The maximum Gasteiger partial charge on any atom is 0.358 e. The second-order valence-corrected chi connectivity index (χ2v) is 5.31. The third kappa shape index (κ3) is 1.67. The molecule has 0 atom stereocenters. The number of hydrogen-bond donors (Lipinski definition) is 1. The van der Waals surface area contributed by atoms with Gasteiger partial charge in [0.25, 0.3) is 0 Å². The number of para-hydroxylation sites is 2. The third-order valence-corrected chi connectivity index (χ3v) is 4.03. The summed E-state index contributed by atoms with van der Waals surface area (Å²) < 4.78 is 9.16. The van der Waals surface area contributed by atoms with Gasteiger partial charge in [-0.25, -0.2) is 9.78 Å². The minimum atomic E-state index is -0.368. The molecular weight excluding hydrogens is 280 g/mol. The average Bonchev–Trinajstić information content (AvgIpc) is 2.90. The second kappa shape index (κ2) is 4.62. The van der Waals surface area contributed by atoms with Crippen molar-refractivity contribution in [3.63, 3.8) is 0 Å². The highest BCUT2D eigenvalue weighted by Gasteiger charge is 2.27. The topological polar surface area (TPSA) is 64.8 Å². The molecule has 2 aromatic heterocycles. The number of aromatic nitrogens is 4. The molecule has 0 spiro atoms. The molecule has 0 bridgehead atoms. The molecule has 0 saturated carbocycles. The van der Waals surface area contributed by atoms with Gasteiger partial charge in [0.2, 0.25) is 0 Å². The van der Waals surface area contributed by atoms with Crippen molar-refractivity contribution < 1.29 is 9.53 Å². The average molecular weight is 296 g/mol. The second-order valence-electron chi connectivity index (χ2n) is 5.31. The molecule has 4 rings (SSSR count). The minimum absolute atomic E-state index is 0.344. The Labute approximate surface area is 127 Å². The molecule has 112 valence electrons. The zero-order chi connectivity index (χ0) is 15.3. The Morgan fingerprint density at radius 1 is 1.32 bits per heavy atom. The van der Waals surface area contributed by atoms with Crippen LogP contribution in [0.5, 0.6) is 0 Å². The number of esters is 1. The summed E-state index contributed by atoms with van der Waals surface area (Å²) in [5.74, 6) is -0.368. The highest BCUT2D eigenvalue weighted by molar-refractivity contribution is 5.89. The van der Waals surface area contributed by atoms with E-state index in [4.69, 9.17) is 4.74 Å². The van der Waals surface area contributed by atoms with E-state index in [0.717, 1.165) is 28.5 Å². The van der Waals surface area contributed by atoms with Crippen LogP contribution in [0.1, 0.15) is 34.5 Å². The number of carbonyl (C=O) groups excluding carboxylic acids is 1. The predicted octanol–water partition coefficient (Wildman–Crippen LogP) is 2.38. The number of aryl methyl sites for hydroxylation is 1. The Morgan fingerprint density at radius 2 is 2.09 bits per heavy atom. The lowest BCUT2D eigenvalue weighted by Gasteiger charge is -2.20. The fraction of sp³-hybridized carbons (Fsp3) is 0.250. The number of ether oxygens (including phenoxy) is 1. The zero-order valence-electron chi connectivity index (χ0n) is 12.5. The van der Waals surface area contributed by atoms with Gasteiger partial charge < -0.3 is 4.74 Å². The van der Waals surface area contributed by atoms with Gasteiger partial charge in [0.15, 0.2) is 5.69 Å². The van der Waals surface area contributed by atoms with Crippen molar-refractivity contribution in [3.05, 3.63) is 53.4 Å². The first-order chi connectivity index (χ1) is 10.7. The van der Waals surface area contributed by atoms with Gasteiger partial charge in [-0.15, -0.1) is 0 Å². The number of carbonyl (C=O) groups is 1. The molecule has 1 N–H and O–H groups in total. The fourth-order valence-electron chi connectivity index (χ4n) is 2.97. The lowest BCUT2D eigenvalue weighted by molar-refractivity contribution is 0.0519. The summed E-state index contributed by atoms with van der Waals surface area (Å²) in [6.45, 7) is 4.17. The molecule has 0 radical (unpaired) electrons. The van der Waals surface area contributed by atoms with Crippen LogP contribution >= 0.6 is 0 Å². The molecule has 6 heteroatoms. The normalized spacial score (nSPS) is 12.3. The molecule has 0 saturated heterocycles. The molecule has 3 heterocycles. The van der Waals surface area contributed by atoms with Crippen LogP contribution in [0, 0.1) is 6.92 Å². The van der Waals surface area contributed by atoms with E-state index in [1.807, 2.05) is 35.8 Å². The molecule has 0 aliphatic carbocycles. The van der Waals surface area contributed by atoms with Crippen molar-refractivity contribution in [2.45, 2.75) is 20.3 Å².